The number of methoxy groups -OCH3 is 1. The molecule has 0 spiro atoms. The molecule has 1 aliphatic carbocycles. The Hall–Kier alpha value is -1.69. The molecule has 0 radical (unpaired) electrons. The van der Waals surface area contributed by atoms with Crippen molar-refractivity contribution in [1.82, 2.24) is 0 Å². The second-order valence-electron chi connectivity index (χ2n) is 5.72. The Morgan fingerprint density at radius 3 is 2.38 bits per heavy atom. The first-order chi connectivity index (χ1) is 12.2. The lowest BCUT2D eigenvalue weighted by Crippen LogP contribution is -2.19. The molecule has 0 saturated heterocycles. The van der Waals surface area contributed by atoms with Crippen LogP contribution in [0.1, 0.15) is 12.8 Å². The number of sulfonamides is 1. The SMILES string of the molecule is COc1cc(F)c(F)c(Nc2ccc(I)cc2F)c1NS(=O)(=O)C1CC1. The van der Waals surface area contributed by atoms with Crippen LogP contribution in [0.5, 0.6) is 5.75 Å². The van der Waals surface area contributed by atoms with Gasteiger partial charge >= 0.3 is 0 Å². The molecule has 1 saturated carbocycles. The molecule has 0 atom stereocenters. The second-order valence-corrected chi connectivity index (χ2v) is 8.93. The summed E-state index contributed by atoms with van der Waals surface area (Å²) >= 11 is 1.90. The van der Waals surface area contributed by atoms with E-state index in [1.807, 2.05) is 22.6 Å². The summed E-state index contributed by atoms with van der Waals surface area (Å²) < 4.78 is 74.8. The Bertz CT molecular complexity index is 966. The van der Waals surface area contributed by atoms with Crippen molar-refractivity contribution < 1.29 is 26.3 Å². The van der Waals surface area contributed by atoms with Crippen LogP contribution in [0.15, 0.2) is 24.3 Å². The number of nitrogens with one attached hydrogen (secondary N) is 2. The lowest BCUT2D eigenvalue weighted by Gasteiger charge is -2.18. The standard InChI is InChI=1S/C16H14F3IN2O3S/c1-25-13-7-11(18)14(19)16(15(13)22-26(23,24)9-3-4-9)21-12-5-2-8(20)6-10(12)17/h2,5-7,9,21-22H,3-4H2,1H3. The van der Waals surface area contributed by atoms with Crippen molar-refractivity contribution in [3.05, 3.63) is 45.3 Å². The summed E-state index contributed by atoms with van der Waals surface area (Å²) in [6.07, 6.45) is 0.964. The maximum atomic E-state index is 14.4. The zero-order valence-corrected chi connectivity index (χ0v) is 16.4. The number of ether oxygens (including phenoxy) is 1. The summed E-state index contributed by atoms with van der Waals surface area (Å²) in [5.74, 6) is -3.53. The Morgan fingerprint density at radius 2 is 1.81 bits per heavy atom. The molecule has 1 fully saturated rings. The number of hydrogen-bond acceptors (Lipinski definition) is 4. The summed E-state index contributed by atoms with van der Waals surface area (Å²) in [6, 6.07) is 4.84. The molecule has 0 heterocycles. The first kappa shape index (κ1) is 19.1. The topological polar surface area (TPSA) is 67.4 Å². The molecular weight excluding hydrogens is 484 g/mol. The van der Waals surface area contributed by atoms with Crippen LogP contribution in [0.4, 0.5) is 30.2 Å². The molecule has 2 aromatic carbocycles. The number of benzene rings is 2. The van der Waals surface area contributed by atoms with E-state index in [-0.39, 0.29) is 17.1 Å². The average molecular weight is 498 g/mol. The zero-order valence-electron chi connectivity index (χ0n) is 13.4. The molecule has 0 unspecified atom stereocenters. The van der Waals surface area contributed by atoms with Crippen LogP contribution >= 0.6 is 22.6 Å². The first-order valence-corrected chi connectivity index (χ1v) is 10.1. The van der Waals surface area contributed by atoms with Crippen molar-refractivity contribution in [2.45, 2.75) is 18.1 Å². The lowest BCUT2D eigenvalue weighted by molar-refractivity contribution is 0.409. The summed E-state index contributed by atoms with van der Waals surface area (Å²) in [4.78, 5) is 0. The second kappa shape index (κ2) is 7.14. The van der Waals surface area contributed by atoms with E-state index in [2.05, 4.69) is 10.0 Å². The van der Waals surface area contributed by atoms with Gasteiger partial charge in [-0.25, -0.2) is 21.6 Å². The van der Waals surface area contributed by atoms with Crippen LogP contribution in [0, 0.1) is 21.0 Å². The van der Waals surface area contributed by atoms with Gasteiger partial charge in [0.25, 0.3) is 0 Å². The van der Waals surface area contributed by atoms with E-state index in [4.69, 9.17) is 4.74 Å². The van der Waals surface area contributed by atoms with Crippen LogP contribution in [-0.4, -0.2) is 20.8 Å². The van der Waals surface area contributed by atoms with Gasteiger partial charge in [0.2, 0.25) is 10.0 Å². The van der Waals surface area contributed by atoms with E-state index in [0.717, 1.165) is 6.07 Å². The van der Waals surface area contributed by atoms with Gasteiger partial charge in [-0.1, -0.05) is 0 Å². The fraction of sp³-hybridized carbons (Fsp3) is 0.250. The monoisotopic (exact) mass is 498 g/mol. The lowest BCUT2D eigenvalue weighted by atomic mass is 10.2. The van der Waals surface area contributed by atoms with Crippen molar-refractivity contribution in [1.29, 1.82) is 0 Å². The summed E-state index contributed by atoms with van der Waals surface area (Å²) in [5.41, 5.74) is -0.994. The van der Waals surface area contributed by atoms with E-state index in [1.54, 1.807) is 6.07 Å². The molecule has 0 aromatic heterocycles. The number of hydrogen-bond donors (Lipinski definition) is 2. The highest BCUT2D eigenvalue weighted by Crippen LogP contribution is 2.41. The van der Waals surface area contributed by atoms with E-state index in [9.17, 15) is 21.6 Å². The largest absolute Gasteiger partial charge is 0.494 e. The maximum Gasteiger partial charge on any atom is 0.235 e. The van der Waals surface area contributed by atoms with Crippen LogP contribution in [-0.2, 0) is 10.0 Å². The van der Waals surface area contributed by atoms with E-state index >= 15 is 0 Å². The van der Waals surface area contributed by atoms with Crippen molar-refractivity contribution in [3.63, 3.8) is 0 Å². The molecule has 2 aromatic rings. The van der Waals surface area contributed by atoms with Crippen LogP contribution in [0.2, 0.25) is 0 Å². The fourth-order valence-corrected chi connectivity index (χ4v) is 4.18. The van der Waals surface area contributed by atoms with Crippen molar-refractivity contribution in [2.75, 3.05) is 17.1 Å². The molecule has 10 heteroatoms. The van der Waals surface area contributed by atoms with Crippen molar-refractivity contribution in [3.8, 4) is 5.75 Å². The van der Waals surface area contributed by atoms with E-state index < -0.39 is 38.4 Å². The predicted molar refractivity (Wildman–Crippen MR) is 101 cm³/mol. The van der Waals surface area contributed by atoms with Gasteiger partial charge in [-0.3, -0.25) is 4.72 Å². The number of anilines is 3. The Morgan fingerprint density at radius 1 is 1.12 bits per heavy atom. The van der Waals surface area contributed by atoms with Crippen LogP contribution in [0.3, 0.4) is 0 Å². The highest BCUT2D eigenvalue weighted by Gasteiger charge is 2.37. The van der Waals surface area contributed by atoms with E-state index in [1.165, 1.54) is 19.2 Å². The Kier molecular flexibility index (Phi) is 5.24. The third-order valence-electron chi connectivity index (χ3n) is 3.80. The maximum absolute atomic E-state index is 14.4. The van der Waals surface area contributed by atoms with E-state index in [0.29, 0.717) is 16.4 Å². The van der Waals surface area contributed by atoms with Gasteiger partial charge in [0.1, 0.15) is 22.9 Å². The van der Waals surface area contributed by atoms with Gasteiger partial charge in [-0.05, 0) is 53.6 Å². The van der Waals surface area contributed by atoms with Gasteiger partial charge in [0.05, 0.1) is 18.0 Å². The zero-order chi connectivity index (χ0) is 19.1. The number of rotatable bonds is 6. The highest BCUT2D eigenvalue weighted by molar-refractivity contribution is 14.1. The summed E-state index contributed by atoms with van der Waals surface area (Å²) in [7, 11) is -2.60. The molecule has 0 aliphatic heterocycles. The smallest absolute Gasteiger partial charge is 0.235 e. The summed E-state index contributed by atoms with van der Waals surface area (Å²) in [5, 5.41) is 1.84. The molecule has 140 valence electrons. The third-order valence-corrected chi connectivity index (χ3v) is 6.31. The molecule has 26 heavy (non-hydrogen) atoms. The minimum Gasteiger partial charge on any atom is -0.494 e. The molecule has 0 bridgehead atoms. The van der Waals surface area contributed by atoms with Gasteiger partial charge in [0.15, 0.2) is 11.6 Å². The molecule has 3 rings (SSSR count). The molecule has 0 amide bonds. The van der Waals surface area contributed by atoms with Gasteiger partial charge < -0.3 is 10.1 Å². The molecular formula is C16H14F3IN2O3S. The van der Waals surface area contributed by atoms with Crippen LogP contribution in [0.25, 0.3) is 0 Å². The normalized spacial score (nSPS) is 14.2. The Balaban J connectivity index is 2.10. The van der Waals surface area contributed by atoms with Gasteiger partial charge in [-0.2, -0.15) is 0 Å². The average Bonchev–Trinajstić information content (AvgIpc) is 3.41. The predicted octanol–water partition coefficient (Wildman–Crippen LogP) is 4.36. The fourth-order valence-electron chi connectivity index (χ4n) is 2.31. The first-order valence-electron chi connectivity index (χ1n) is 7.52. The molecule has 2 N–H and O–H groups in total. The van der Waals surface area contributed by atoms with Crippen LogP contribution < -0.4 is 14.8 Å². The highest BCUT2D eigenvalue weighted by atomic mass is 127. The molecule has 5 nitrogen and oxygen atoms in total. The van der Waals surface area contributed by atoms with Crippen molar-refractivity contribution in [2.24, 2.45) is 0 Å². The number of halogens is 4. The minimum atomic E-state index is -3.79. The minimum absolute atomic E-state index is 0.135. The molecule has 1 aliphatic rings. The third kappa shape index (κ3) is 3.85. The quantitative estimate of drug-likeness (QED) is 0.581. The Labute approximate surface area is 162 Å². The summed E-state index contributed by atoms with van der Waals surface area (Å²) in [6.45, 7) is 0. The van der Waals surface area contributed by atoms with Gasteiger partial charge in [-0.15, -0.1) is 0 Å². The van der Waals surface area contributed by atoms with Gasteiger partial charge in [0, 0.05) is 9.64 Å². The van der Waals surface area contributed by atoms with Crippen molar-refractivity contribution >= 4 is 49.7 Å².